The zero-order valence-corrected chi connectivity index (χ0v) is 13.5. The lowest BCUT2D eigenvalue weighted by molar-refractivity contribution is 0.597. The molecule has 0 bridgehead atoms. The summed E-state index contributed by atoms with van der Waals surface area (Å²) in [5.74, 6) is 0.109. The van der Waals surface area contributed by atoms with E-state index in [2.05, 4.69) is 23.7 Å². The molecule has 0 saturated carbocycles. The van der Waals surface area contributed by atoms with Crippen LogP contribution in [-0.2, 0) is 9.84 Å². The Kier molecular flexibility index (Phi) is 4.50. The molecule has 1 N–H and O–H groups in total. The second-order valence-electron chi connectivity index (χ2n) is 4.73. The zero-order valence-electron chi connectivity index (χ0n) is 11.9. The van der Waals surface area contributed by atoms with E-state index in [0.717, 1.165) is 0 Å². The molecule has 20 heavy (non-hydrogen) atoms. The van der Waals surface area contributed by atoms with Gasteiger partial charge < -0.3 is 5.32 Å². The van der Waals surface area contributed by atoms with Gasteiger partial charge in [-0.3, -0.25) is 0 Å². The average Bonchev–Trinajstić information content (AvgIpc) is 2.85. The summed E-state index contributed by atoms with van der Waals surface area (Å²) in [6.45, 7) is 5.78. The topological polar surface area (TPSA) is 46.2 Å². The number of benzene rings is 1. The molecular formula is C15H19NO2S2. The molecule has 1 heterocycles. The normalized spacial score (nSPS) is 13.2. The molecule has 2 rings (SSSR count). The van der Waals surface area contributed by atoms with Gasteiger partial charge in [0.2, 0.25) is 0 Å². The molecule has 0 aliphatic rings. The molecule has 2 aromatic rings. The number of nitrogens with one attached hydrogen (secondary N) is 1. The summed E-state index contributed by atoms with van der Waals surface area (Å²) in [4.78, 5) is 1.61. The van der Waals surface area contributed by atoms with Crippen molar-refractivity contribution in [2.75, 3.05) is 11.1 Å². The van der Waals surface area contributed by atoms with Crippen LogP contribution >= 0.6 is 11.3 Å². The first-order chi connectivity index (χ1) is 9.45. The van der Waals surface area contributed by atoms with Gasteiger partial charge >= 0.3 is 0 Å². The second kappa shape index (κ2) is 5.97. The first kappa shape index (κ1) is 15.1. The van der Waals surface area contributed by atoms with Crippen LogP contribution in [0.1, 0.15) is 30.3 Å². The van der Waals surface area contributed by atoms with E-state index in [4.69, 9.17) is 0 Å². The Labute approximate surface area is 124 Å². The highest BCUT2D eigenvalue weighted by Crippen LogP contribution is 2.30. The van der Waals surface area contributed by atoms with Gasteiger partial charge in [-0.05, 0) is 43.0 Å². The van der Waals surface area contributed by atoms with Gasteiger partial charge in [-0.2, -0.15) is 0 Å². The third-order valence-corrected chi connectivity index (χ3v) is 6.26. The van der Waals surface area contributed by atoms with Crippen LogP contribution in [-0.4, -0.2) is 14.2 Å². The maximum Gasteiger partial charge on any atom is 0.180 e. The van der Waals surface area contributed by atoms with Crippen LogP contribution in [0.15, 0.2) is 40.6 Å². The van der Waals surface area contributed by atoms with Crippen molar-refractivity contribution in [3.63, 3.8) is 0 Å². The highest BCUT2D eigenvalue weighted by atomic mass is 32.2. The van der Waals surface area contributed by atoms with Gasteiger partial charge in [0.25, 0.3) is 0 Å². The smallest absolute Gasteiger partial charge is 0.180 e. The van der Waals surface area contributed by atoms with Gasteiger partial charge in [0.05, 0.1) is 22.4 Å². The van der Waals surface area contributed by atoms with Crippen molar-refractivity contribution in [1.82, 2.24) is 0 Å². The number of thiophene rings is 1. The average molecular weight is 309 g/mol. The van der Waals surface area contributed by atoms with Gasteiger partial charge in [-0.15, -0.1) is 11.3 Å². The predicted molar refractivity (Wildman–Crippen MR) is 85.3 cm³/mol. The predicted octanol–water partition coefficient (Wildman–Crippen LogP) is 4.02. The van der Waals surface area contributed by atoms with Gasteiger partial charge in [-0.25, -0.2) is 8.42 Å². The molecule has 108 valence electrons. The van der Waals surface area contributed by atoms with Crippen molar-refractivity contribution in [2.24, 2.45) is 0 Å². The fourth-order valence-electron chi connectivity index (χ4n) is 2.14. The molecule has 0 aliphatic heterocycles. The fourth-order valence-corrected chi connectivity index (χ4v) is 4.13. The lowest BCUT2D eigenvalue weighted by atomic mass is 10.2. The quantitative estimate of drug-likeness (QED) is 0.907. The minimum Gasteiger partial charge on any atom is -0.377 e. The Bertz CT molecular complexity index is 689. The van der Waals surface area contributed by atoms with E-state index in [1.807, 2.05) is 19.1 Å². The first-order valence-electron chi connectivity index (χ1n) is 6.58. The van der Waals surface area contributed by atoms with E-state index in [9.17, 15) is 8.42 Å². The molecular weight excluding hydrogens is 290 g/mol. The van der Waals surface area contributed by atoms with Crippen LogP contribution in [0.5, 0.6) is 0 Å². The molecule has 0 fully saturated rings. The third kappa shape index (κ3) is 3.04. The molecule has 0 aliphatic carbocycles. The number of rotatable bonds is 5. The molecule has 0 radical (unpaired) electrons. The van der Waals surface area contributed by atoms with E-state index in [-0.39, 0.29) is 11.8 Å². The largest absolute Gasteiger partial charge is 0.377 e. The van der Waals surface area contributed by atoms with Crippen LogP contribution in [0.2, 0.25) is 0 Å². The molecule has 1 aromatic heterocycles. The van der Waals surface area contributed by atoms with Crippen LogP contribution in [0.4, 0.5) is 5.69 Å². The van der Waals surface area contributed by atoms with Crippen LogP contribution in [0, 0.1) is 6.92 Å². The van der Waals surface area contributed by atoms with Crippen molar-refractivity contribution in [2.45, 2.75) is 31.7 Å². The highest BCUT2D eigenvalue weighted by molar-refractivity contribution is 7.91. The Balaban J connectivity index is 2.33. The van der Waals surface area contributed by atoms with E-state index in [0.29, 0.717) is 10.6 Å². The highest BCUT2D eigenvalue weighted by Gasteiger charge is 2.18. The number of aryl methyl sites for hydroxylation is 1. The van der Waals surface area contributed by atoms with E-state index in [1.54, 1.807) is 30.4 Å². The summed E-state index contributed by atoms with van der Waals surface area (Å²) in [6, 6.07) is 9.26. The van der Waals surface area contributed by atoms with Gasteiger partial charge in [0, 0.05) is 4.88 Å². The molecule has 0 amide bonds. The SMILES string of the molecule is CCS(=O)(=O)c1ccccc1NC(C)c1sccc1C. The molecule has 0 spiro atoms. The van der Waals surface area contributed by atoms with Crippen molar-refractivity contribution < 1.29 is 8.42 Å². The Morgan fingerprint density at radius 1 is 1.25 bits per heavy atom. The minimum absolute atomic E-state index is 0.0863. The summed E-state index contributed by atoms with van der Waals surface area (Å²) in [5.41, 5.74) is 1.90. The third-order valence-electron chi connectivity index (χ3n) is 3.27. The fraction of sp³-hybridized carbons (Fsp3) is 0.333. The molecule has 1 atom stereocenters. The number of hydrogen-bond acceptors (Lipinski definition) is 4. The van der Waals surface area contributed by atoms with E-state index < -0.39 is 9.84 Å². The molecule has 1 aromatic carbocycles. The van der Waals surface area contributed by atoms with Crippen LogP contribution in [0.3, 0.4) is 0 Å². The number of anilines is 1. The van der Waals surface area contributed by atoms with Gasteiger partial charge in [0.15, 0.2) is 9.84 Å². The maximum absolute atomic E-state index is 12.1. The Morgan fingerprint density at radius 3 is 2.55 bits per heavy atom. The summed E-state index contributed by atoms with van der Waals surface area (Å²) < 4.78 is 24.2. The number of hydrogen-bond donors (Lipinski definition) is 1. The van der Waals surface area contributed by atoms with Crippen molar-refractivity contribution in [3.05, 3.63) is 46.2 Å². The number of sulfone groups is 1. The second-order valence-corrected chi connectivity index (χ2v) is 7.93. The Morgan fingerprint density at radius 2 is 1.95 bits per heavy atom. The van der Waals surface area contributed by atoms with Crippen molar-refractivity contribution >= 4 is 26.9 Å². The monoisotopic (exact) mass is 309 g/mol. The lowest BCUT2D eigenvalue weighted by Crippen LogP contribution is -2.11. The summed E-state index contributed by atoms with van der Waals surface area (Å²) in [7, 11) is -3.21. The van der Waals surface area contributed by atoms with Crippen LogP contribution < -0.4 is 5.32 Å². The standard InChI is InChI=1S/C15H19NO2S2/c1-4-20(17,18)14-8-6-5-7-13(14)16-12(3)15-11(2)9-10-19-15/h5-10,12,16H,4H2,1-3H3. The first-order valence-corrected chi connectivity index (χ1v) is 9.11. The maximum atomic E-state index is 12.1. The zero-order chi connectivity index (χ0) is 14.8. The Hall–Kier alpha value is -1.33. The van der Waals surface area contributed by atoms with E-state index >= 15 is 0 Å². The van der Waals surface area contributed by atoms with Gasteiger partial charge in [-0.1, -0.05) is 19.1 Å². The minimum atomic E-state index is -3.21. The molecule has 1 unspecified atom stereocenters. The van der Waals surface area contributed by atoms with Crippen molar-refractivity contribution in [1.29, 1.82) is 0 Å². The molecule has 0 saturated heterocycles. The van der Waals surface area contributed by atoms with Gasteiger partial charge in [0.1, 0.15) is 0 Å². The lowest BCUT2D eigenvalue weighted by Gasteiger charge is -2.17. The summed E-state index contributed by atoms with van der Waals surface area (Å²) >= 11 is 1.68. The van der Waals surface area contributed by atoms with E-state index in [1.165, 1.54) is 10.4 Å². The summed E-state index contributed by atoms with van der Waals surface area (Å²) in [6.07, 6.45) is 0. The number of para-hydroxylation sites is 1. The van der Waals surface area contributed by atoms with Crippen molar-refractivity contribution in [3.8, 4) is 0 Å². The molecule has 3 nitrogen and oxygen atoms in total. The van der Waals surface area contributed by atoms with Crippen LogP contribution in [0.25, 0.3) is 0 Å². The summed E-state index contributed by atoms with van der Waals surface area (Å²) in [5, 5.41) is 5.38. The molecule has 5 heteroatoms.